The van der Waals surface area contributed by atoms with Crippen molar-refractivity contribution in [2.75, 3.05) is 4.90 Å². The fourth-order valence-corrected chi connectivity index (χ4v) is 4.19. The minimum atomic E-state index is -0.502. The van der Waals surface area contributed by atoms with Crippen LogP contribution in [0.25, 0.3) is 0 Å². The first-order valence-electron chi connectivity index (χ1n) is 9.39. The molecule has 6 heteroatoms. The van der Waals surface area contributed by atoms with Gasteiger partial charge < -0.3 is 4.74 Å². The van der Waals surface area contributed by atoms with E-state index in [4.69, 9.17) is 16.3 Å². The second kappa shape index (κ2) is 7.40. The molecule has 0 spiro atoms. The van der Waals surface area contributed by atoms with Crippen LogP contribution in [0.1, 0.15) is 36.5 Å². The molecule has 0 aromatic heterocycles. The zero-order chi connectivity index (χ0) is 19.8. The van der Waals surface area contributed by atoms with Crippen molar-refractivity contribution in [2.45, 2.75) is 26.2 Å². The first kappa shape index (κ1) is 18.7. The topological polar surface area (TPSA) is 63.7 Å². The Morgan fingerprint density at radius 2 is 1.61 bits per heavy atom. The van der Waals surface area contributed by atoms with Crippen LogP contribution in [0, 0.1) is 17.8 Å². The third kappa shape index (κ3) is 3.42. The number of fused-ring (bicyclic) bond motifs is 1. The Hall–Kier alpha value is -2.66. The Labute approximate surface area is 168 Å². The van der Waals surface area contributed by atoms with Gasteiger partial charge in [0.25, 0.3) is 0 Å². The number of rotatable bonds is 3. The van der Waals surface area contributed by atoms with E-state index in [-0.39, 0.29) is 23.7 Å². The molecular weight excluding hydrogens is 378 g/mol. The van der Waals surface area contributed by atoms with Crippen molar-refractivity contribution in [3.63, 3.8) is 0 Å². The van der Waals surface area contributed by atoms with Crippen LogP contribution in [0.2, 0.25) is 5.02 Å². The number of esters is 1. The minimum Gasteiger partial charge on any atom is -0.423 e. The van der Waals surface area contributed by atoms with Gasteiger partial charge in [-0.05, 0) is 73.7 Å². The SMILES string of the molecule is C[C@@H]1CC[C@H]2C(=O)N(c3ccc(OC(=O)c4ccc(Cl)cc4)cc3)C(=O)[C@@H]2C1. The minimum absolute atomic E-state index is 0.118. The molecule has 1 heterocycles. The lowest BCUT2D eigenvalue weighted by Crippen LogP contribution is -2.30. The maximum absolute atomic E-state index is 12.8. The predicted octanol–water partition coefficient (Wildman–Crippen LogP) is 4.48. The molecule has 2 aromatic rings. The Bertz CT molecular complexity index is 923. The molecule has 0 N–H and O–H groups in total. The van der Waals surface area contributed by atoms with Gasteiger partial charge in [-0.15, -0.1) is 0 Å². The molecule has 0 bridgehead atoms. The van der Waals surface area contributed by atoms with Crippen molar-refractivity contribution < 1.29 is 19.1 Å². The second-order valence-corrected chi connectivity index (χ2v) is 7.97. The van der Waals surface area contributed by atoms with Crippen LogP contribution in [0.3, 0.4) is 0 Å². The Balaban J connectivity index is 1.49. The van der Waals surface area contributed by atoms with E-state index in [0.29, 0.717) is 27.9 Å². The summed E-state index contributed by atoms with van der Waals surface area (Å²) in [4.78, 5) is 39.0. The number of ether oxygens (including phenoxy) is 1. The molecule has 5 nitrogen and oxygen atoms in total. The van der Waals surface area contributed by atoms with Gasteiger partial charge in [-0.2, -0.15) is 0 Å². The summed E-state index contributed by atoms with van der Waals surface area (Å²) in [5.41, 5.74) is 0.903. The van der Waals surface area contributed by atoms with Gasteiger partial charge in [0.2, 0.25) is 11.8 Å². The van der Waals surface area contributed by atoms with E-state index in [2.05, 4.69) is 6.92 Å². The lowest BCUT2D eigenvalue weighted by Gasteiger charge is -2.25. The number of carbonyl (C=O) groups excluding carboxylic acids is 3. The van der Waals surface area contributed by atoms with Crippen LogP contribution in [-0.2, 0) is 9.59 Å². The van der Waals surface area contributed by atoms with Gasteiger partial charge in [-0.25, -0.2) is 4.79 Å². The molecule has 2 aliphatic rings. The predicted molar refractivity (Wildman–Crippen MR) is 105 cm³/mol. The molecule has 1 saturated carbocycles. The standard InChI is InChI=1S/C22H20ClNO4/c1-13-2-11-18-19(12-13)21(26)24(20(18)25)16-7-9-17(10-8-16)28-22(27)14-3-5-15(23)6-4-14/h3-10,13,18-19H,2,11-12H2,1H3/t13-,18-,19-/m1/s1. The van der Waals surface area contributed by atoms with Crippen molar-refractivity contribution in [3.05, 3.63) is 59.1 Å². The molecule has 3 atom stereocenters. The van der Waals surface area contributed by atoms with E-state index in [1.54, 1.807) is 48.5 Å². The second-order valence-electron chi connectivity index (χ2n) is 7.53. The van der Waals surface area contributed by atoms with Gasteiger partial charge >= 0.3 is 5.97 Å². The third-order valence-electron chi connectivity index (χ3n) is 5.57. The van der Waals surface area contributed by atoms with Crippen LogP contribution in [0.15, 0.2) is 48.5 Å². The first-order valence-corrected chi connectivity index (χ1v) is 9.77. The van der Waals surface area contributed by atoms with Gasteiger partial charge in [-0.1, -0.05) is 18.5 Å². The van der Waals surface area contributed by atoms with Crippen molar-refractivity contribution >= 4 is 35.1 Å². The summed E-state index contributed by atoms with van der Waals surface area (Å²) in [6.07, 6.45) is 2.51. The summed E-state index contributed by atoms with van der Waals surface area (Å²) >= 11 is 5.82. The maximum Gasteiger partial charge on any atom is 0.343 e. The van der Waals surface area contributed by atoms with Crippen LogP contribution in [0.4, 0.5) is 5.69 Å². The highest BCUT2D eigenvalue weighted by Crippen LogP contribution is 2.42. The summed E-state index contributed by atoms with van der Waals surface area (Å²) in [5.74, 6) is -0.343. The summed E-state index contributed by atoms with van der Waals surface area (Å²) in [5, 5.41) is 0.538. The first-order chi connectivity index (χ1) is 13.4. The number of hydrogen-bond donors (Lipinski definition) is 0. The molecule has 2 fully saturated rings. The zero-order valence-electron chi connectivity index (χ0n) is 15.4. The smallest absolute Gasteiger partial charge is 0.343 e. The quantitative estimate of drug-likeness (QED) is 0.435. The van der Waals surface area contributed by atoms with Crippen LogP contribution in [-0.4, -0.2) is 17.8 Å². The van der Waals surface area contributed by atoms with E-state index < -0.39 is 5.97 Å². The summed E-state index contributed by atoms with van der Waals surface area (Å²) in [7, 11) is 0. The van der Waals surface area contributed by atoms with Gasteiger partial charge in [0.1, 0.15) is 5.75 Å². The molecule has 144 valence electrons. The Morgan fingerprint density at radius 1 is 0.964 bits per heavy atom. The highest BCUT2D eigenvalue weighted by atomic mass is 35.5. The molecule has 1 aliphatic heterocycles. The van der Waals surface area contributed by atoms with Crippen LogP contribution >= 0.6 is 11.6 Å². The molecule has 0 radical (unpaired) electrons. The van der Waals surface area contributed by atoms with Crippen molar-refractivity contribution in [2.24, 2.45) is 17.8 Å². The third-order valence-corrected chi connectivity index (χ3v) is 5.83. The lowest BCUT2D eigenvalue weighted by atomic mass is 9.76. The van der Waals surface area contributed by atoms with Crippen molar-refractivity contribution in [1.29, 1.82) is 0 Å². The van der Waals surface area contributed by atoms with Crippen LogP contribution < -0.4 is 9.64 Å². The van der Waals surface area contributed by atoms with E-state index in [9.17, 15) is 14.4 Å². The number of hydrogen-bond acceptors (Lipinski definition) is 4. The largest absolute Gasteiger partial charge is 0.423 e. The number of anilines is 1. The molecule has 1 aliphatic carbocycles. The molecule has 2 aromatic carbocycles. The lowest BCUT2D eigenvalue weighted by molar-refractivity contribution is -0.122. The van der Waals surface area contributed by atoms with Crippen molar-refractivity contribution in [3.8, 4) is 5.75 Å². The summed E-state index contributed by atoms with van der Waals surface area (Å²) < 4.78 is 5.35. The fraction of sp³-hybridized carbons (Fsp3) is 0.318. The molecular formula is C22H20ClNO4. The average molecular weight is 398 g/mol. The van der Waals surface area contributed by atoms with E-state index in [1.807, 2.05) is 0 Å². The van der Waals surface area contributed by atoms with Gasteiger partial charge in [0.05, 0.1) is 23.1 Å². The number of nitrogens with zero attached hydrogens (tertiary/aromatic N) is 1. The highest BCUT2D eigenvalue weighted by molar-refractivity contribution is 6.30. The molecule has 4 rings (SSSR count). The molecule has 1 saturated heterocycles. The number of halogens is 1. The molecule has 2 amide bonds. The number of benzene rings is 2. The van der Waals surface area contributed by atoms with Gasteiger partial charge in [0.15, 0.2) is 0 Å². The Morgan fingerprint density at radius 3 is 2.29 bits per heavy atom. The number of amides is 2. The Kier molecular flexibility index (Phi) is 4.94. The van der Waals surface area contributed by atoms with E-state index in [0.717, 1.165) is 19.3 Å². The fourth-order valence-electron chi connectivity index (χ4n) is 4.06. The monoisotopic (exact) mass is 397 g/mol. The molecule has 28 heavy (non-hydrogen) atoms. The number of carbonyl (C=O) groups is 3. The van der Waals surface area contributed by atoms with E-state index >= 15 is 0 Å². The number of imide groups is 1. The average Bonchev–Trinajstić information content (AvgIpc) is 2.93. The summed E-state index contributed by atoms with van der Waals surface area (Å²) in [6.45, 7) is 2.13. The zero-order valence-corrected chi connectivity index (χ0v) is 16.2. The highest BCUT2D eigenvalue weighted by Gasteiger charge is 2.49. The molecule has 0 unspecified atom stereocenters. The maximum atomic E-state index is 12.8. The summed E-state index contributed by atoms with van der Waals surface area (Å²) in [6, 6.07) is 12.9. The van der Waals surface area contributed by atoms with Crippen LogP contribution in [0.5, 0.6) is 5.75 Å². The van der Waals surface area contributed by atoms with Gasteiger partial charge in [-0.3, -0.25) is 14.5 Å². The van der Waals surface area contributed by atoms with E-state index in [1.165, 1.54) is 4.90 Å². The van der Waals surface area contributed by atoms with Gasteiger partial charge in [0, 0.05) is 5.02 Å². The normalized spacial score (nSPS) is 24.2. The van der Waals surface area contributed by atoms with Crippen molar-refractivity contribution in [1.82, 2.24) is 0 Å².